The first-order chi connectivity index (χ1) is 7.61. The first-order valence-electron chi connectivity index (χ1n) is 6.35. The molecule has 1 heterocycles. The van der Waals surface area contributed by atoms with Crippen molar-refractivity contribution in [2.24, 2.45) is 17.8 Å². The summed E-state index contributed by atoms with van der Waals surface area (Å²) in [4.78, 5) is 25.9. The third-order valence-corrected chi connectivity index (χ3v) is 4.22. The summed E-state index contributed by atoms with van der Waals surface area (Å²) in [6, 6.07) is 0. The Morgan fingerprint density at radius 2 is 2.19 bits per heavy atom. The Morgan fingerprint density at radius 3 is 2.88 bits per heavy atom. The summed E-state index contributed by atoms with van der Waals surface area (Å²) in [5.74, 6) is 1.19. The number of rotatable bonds is 2. The molecule has 3 atom stereocenters. The number of ketones is 2. The molecule has 2 rings (SSSR count). The molecule has 0 N–H and O–H groups in total. The molecular weight excluding hydrogens is 202 g/mol. The average Bonchev–Trinajstić information content (AvgIpc) is 2.28. The van der Waals surface area contributed by atoms with E-state index in [0.717, 1.165) is 25.9 Å². The molecule has 0 aromatic carbocycles. The molecule has 1 saturated carbocycles. The fourth-order valence-electron chi connectivity index (χ4n) is 3.19. The van der Waals surface area contributed by atoms with Gasteiger partial charge in [0.15, 0.2) is 0 Å². The van der Waals surface area contributed by atoms with Gasteiger partial charge >= 0.3 is 0 Å². The Bertz CT molecular complexity index is 300. The molecule has 16 heavy (non-hydrogen) atoms. The molecule has 0 bridgehead atoms. The maximum Gasteiger partial charge on any atom is 0.143 e. The molecule has 1 unspecified atom stereocenters. The molecule has 0 amide bonds. The van der Waals surface area contributed by atoms with Gasteiger partial charge in [-0.15, -0.1) is 0 Å². The predicted molar refractivity (Wildman–Crippen MR) is 62.1 cm³/mol. The normalized spacial score (nSPS) is 35.9. The van der Waals surface area contributed by atoms with E-state index in [-0.39, 0.29) is 17.5 Å². The Hall–Kier alpha value is -0.700. The van der Waals surface area contributed by atoms with Crippen LogP contribution in [0.3, 0.4) is 0 Å². The molecule has 0 aromatic rings. The summed E-state index contributed by atoms with van der Waals surface area (Å²) in [6.45, 7) is 4.01. The number of fused-ring (bicyclic) bond motifs is 1. The lowest BCUT2D eigenvalue weighted by Gasteiger charge is -2.41. The molecule has 0 spiro atoms. The highest BCUT2D eigenvalue weighted by Gasteiger charge is 2.40. The van der Waals surface area contributed by atoms with Crippen LogP contribution in [0, 0.1) is 17.8 Å². The molecule has 3 heteroatoms. The van der Waals surface area contributed by atoms with Crippen LogP contribution in [0.5, 0.6) is 0 Å². The van der Waals surface area contributed by atoms with E-state index in [1.807, 2.05) is 6.92 Å². The van der Waals surface area contributed by atoms with E-state index in [9.17, 15) is 9.59 Å². The summed E-state index contributed by atoms with van der Waals surface area (Å²) in [5.41, 5.74) is 0. The van der Waals surface area contributed by atoms with Crippen molar-refractivity contribution in [1.29, 1.82) is 0 Å². The van der Waals surface area contributed by atoms with Crippen LogP contribution in [0.1, 0.15) is 32.6 Å². The quantitative estimate of drug-likeness (QED) is 0.666. The number of carbonyl (C=O) groups excluding carboxylic acids is 2. The second-order valence-corrected chi connectivity index (χ2v) is 5.35. The summed E-state index contributed by atoms with van der Waals surface area (Å²) in [7, 11) is 2.13. The number of carbonyl (C=O) groups is 2. The Morgan fingerprint density at radius 1 is 1.44 bits per heavy atom. The molecule has 0 aromatic heterocycles. The van der Waals surface area contributed by atoms with E-state index >= 15 is 0 Å². The van der Waals surface area contributed by atoms with Gasteiger partial charge in [0.25, 0.3) is 0 Å². The number of hydrogen-bond donors (Lipinski definition) is 0. The monoisotopic (exact) mass is 223 g/mol. The lowest BCUT2D eigenvalue weighted by atomic mass is 9.69. The van der Waals surface area contributed by atoms with Gasteiger partial charge in [-0.05, 0) is 38.3 Å². The fourth-order valence-corrected chi connectivity index (χ4v) is 3.19. The molecule has 0 radical (unpaired) electrons. The first kappa shape index (κ1) is 11.8. The van der Waals surface area contributed by atoms with Crippen molar-refractivity contribution < 1.29 is 9.59 Å². The molecule has 90 valence electrons. The van der Waals surface area contributed by atoms with Crippen molar-refractivity contribution in [2.45, 2.75) is 32.6 Å². The average molecular weight is 223 g/mol. The van der Waals surface area contributed by atoms with E-state index < -0.39 is 0 Å². The van der Waals surface area contributed by atoms with Gasteiger partial charge in [-0.2, -0.15) is 0 Å². The minimum atomic E-state index is -0.280. The number of piperidine rings is 1. The Balaban J connectivity index is 2.05. The van der Waals surface area contributed by atoms with Gasteiger partial charge in [0.05, 0.1) is 5.92 Å². The maximum atomic E-state index is 11.9. The van der Waals surface area contributed by atoms with E-state index in [4.69, 9.17) is 0 Å². The minimum absolute atomic E-state index is 0.150. The maximum absolute atomic E-state index is 11.9. The van der Waals surface area contributed by atoms with Crippen LogP contribution >= 0.6 is 0 Å². The number of nitrogens with zero attached hydrogens (tertiary/aromatic N) is 1. The number of likely N-dealkylation sites (tertiary alicyclic amines) is 1. The van der Waals surface area contributed by atoms with Gasteiger partial charge in [-0.1, -0.05) is 6.92 Å². The van der Waals surface area contributed by atoms with Gasteiger partial charge in [-0.3, -0.25) is 9.59 Å². The third-order valence-electron chi connectivity index (χ3n) is 4.22. The smallest absolute Gasteiger partial charge is 0.143 e. The van der Waals surface area contributed by atoms with Crippen molar-refractivity contribution in [3.63, 3.8) is 0 Å². The second-order valence-electron chi connectivity index (χ2n) is 5.35. The zero-order chi connectivity index (χ0) is 11.7. The van der Waals surface area contributed by atoms with Crippen molar-refractivity contribution in [1.82, 2.24) is 4.90 Å². The highest BCUT2D eigenvalue weighted by atomic mass is 16.1. The standard InChI is InChI=1S/C13H21NO2/c1-3-12(15)11-6-10-8-14(2)5-4-9(10)7-13(11)16/h9-11H,3-8H2,1-2H3/t9-,10-,11?/m0/s1. The minimum Gasteiger partial charge on any atom is -0.306 e. The largest absolute Gasteiger partial charge is 0.306 e. The van der Waals surface area contributed by atoms with Gasteiger partial charge < -0.3 is 4.90 Å². The molecule has 1 aliphatic heterocycles. The molecule has 3 nitrogen and oxygen atoms in total. The van der Waals surface area contributed by atoms with Gasteiger partial charge in [0, 0.05) is 19.4 Å². The van der Waals surface area contributed by atoms with E-state index in [2.05, 4.69) is 11.9 Å². The van der Waals surface area contributed by atoms with E-state index in [0.29, 0.717) is 24.7 Å². The van der Waals surface area contributed by atoms with Crippen molar-refractivity contribution in [3.05, 3.63) is 0 Å². The van der Waals surface area contributed by atoms with Crippen LogP contribution in [-0.4, -0.2) is 36.6 Å². The first-order valence-corrected chi connectivity index (χ1v) is 6.35. The van der Waals surface area contributed by atoms with Gasteiger partial charge in [0.1, 0.15) is 11.6 Å². The fraction of sp³-hybridized carbons (Fsp3) is 0.846. The zero-order valence-electron chi connectivity index (χ0n) is 10.2. The van der Waals surface area contributed by atoms with Crippen LogP contribution in [0.4, 0.5) is 0 Å². The van der Waals surface area contributed by atoms with E-state index in [1.165, 1.54) is 0 Å². The highest BCUT2D eigenvalue weighted by Crippen LogP contribution is 2.37. The number of Topliss-reactive ketones (excluding diaryl/α,β-unsaturated/α-hetero) is 2. The highest BCUT2D eigenvalue weighted by molar-refractivity contribution is 6.02. The summed E-state index contributed by atoms with van der Waals surface area (Å²) in [6.07, 6.45) is 3.08. The summed E-state index contributed by atoms with van der Waals surface area (Å²) < 4.78 is 0. The van der Waals surface area contributed by atoms with Gasteiger partial charge in [0.2, 0.25) is 0 Å². The van der Waals surface area contributed by atoms with Crippen LogP contribution in [0.15, 0.2) is 0 Å². The van der Waals surface area contributed by atoms with Crippen LogP contribution < -0.4 is 0 Å². The van der Waals surface area contributed by atoms with Crippen LogP contribution in [0.2, 0.25) is 0 Å². The molecular formula is C13H21NO2. The SMILES string of the molecule is CCC(=O)C1C[C@H]2CN(C)CC[C@H]2CC1=O. The predicted octanol–water partition coefficient (Wildman–Crippen LogP) is 1.51. The van der Waals surface area contributed by atoms with Crippen LogP contribution in [0.25, 0.3) is 0 Å². The van der Waals surface area contributed by atoms with E-state index in [1.54, 1.807) is 0 Å². The Labute approximate surface area is 97.2 Å². The Kier molecular flexibility index (Phi) is 3.43. The van der Waals surface area contributed by atoms with Gasteiger partial charge in [-0.25, -0.2) is 0 Å². The summed E-state index contributed by atoms with van der Waals surface area (Å²) in [5, 5.41) is 0. The topological polar surface area (TPSA) is 37.4 Å². The van der Waals surface area contributed by atoms with Crippen molar-refractivity contribution in [3.8, 4) is 0 Å². The zero-order valence-corrected chi connectivity index (χ0v) is 10.2. The molecule has 1 saturated heterocycles. The third kappa shape index (κ3) is 2.19. The lowest BCUT2D eigenvalue weighted by molar-refractivity contribution is -0.137. The molecule has 2 fully saturated rings. The summed E-state index contributed by atoms with van der Waals surface area (Å²) >= 11 is 0. The van der Waals surface area contributed by atoms with Crippen molar-refractivity contribution >= 4 is 11.6 Å². The number of hydrogen-bond acceptors (Lipinski definition) is 3. The second kappa shape index (κ2) is 4.66. The van der Waals surface area contributed by atoms with Crippen molar-refractivity contribution in [2.75, 3.05) is 20.1 Å². The van der Waals surface area contributed by atoms with Crippen LogP contribution in [-0.2, 0) is 9.59 Å². The molecule has 2 aliphatic rings. The lowest BCUT2D eigenvalue weighted by Crippen LogP contribution is -2.45. The molecule has 1 aliphatic carbocycles.